The van der Waals surface area contributed by atoms with E-state index in [1.807, 2.05) is 0 Å². The minimum atomic E-state index is 0.230. The van der Waals surface area contributed by atoms with Gasteiger partial charge in [-0.05, 0) is 52.9 Å². The molecule has 0 bridgehead atoms. The van der Waals surface area contributed by atoms with Crippen molar-refractivity contribution < 1.29 is 0 Å². The predicted molar refractivity (Wildman–Crippen MR) is 72.7 cm³/mol. The zero-order valence-electron chi connectivity index (χ0n) is 13.0. The smallest absolute Gasteiger partial charge is 0.0343 e. The van der Waals surface area contributed by atoms with Crippen molar-refractivity contribution in [2.24, 2.45) is 11.3 Å². The Morgan fingerprint density at radius 1 is 0.812 bits per heavy atom. The van der Waals surface area contributed by atoms with Gasteiger partial charge in [-0.25, -0.2) is 0 Å². The molecule has 0 aromatic rings. The second kappa shape index (κ2) is 3.25. The molecule has 1 saturated heterocycles. The van der Waals surface area contributed by atoms with Crippen LogP contribution in [0.4, 0.5) is 0 Å². The number of rotatable bonds is 3. The van der Waals surface area contributed by atoms with Crippen LogP contribution in [0.1, 0.15) is 69.2 Å². The summed E-state index contributed by atoms with van der Waals surface area (Å²) in [6, 6.07) is 0. The Hall–Kier alpha value is -0.0400. The molecule has 0 aliphatic carbocycles. The van der Waals surface area contributed by atoms with Gasteiger partial charge in [-0.2, -0.15) is 0 Å². The number of hydrogen-bond acceptors (Lipinski definition) is 1. The lowest BCUT2D eigenvalue weighted by atomic mass is 9.67. The van der Waals surface area contributed by atoms with Crippen molar-refractivity contribution in [2.75, 3.05) is 0 Å². The molecule has 1 aliphatic rings. The van der Waals surface area contributed by atoms with E-state index in [0.717, 1.165) is 0 Å². The van der Waals surface area contributed by atoms with E-state index >= 15 is 0 Å². The first kappa shape index (κ1) is 14.0. The fourth-order valence-corrected chi connectivity index (χ4v) is 3.31. The average molecular weight is 225 g/mol. The van der Waals surface area contributed by atoms with Gasteiger partial charge < -0.3 is 0 Å². The summed E-state index contributed by atoms with van der Waals surface area (Å²) in [5.41, 5.74) is 1.19. The van der Waals surface area contributed by atoms with Crippen molar-refractivity contribution in [3.8, 4) is 0 Å². The van der Waals surface area contributed by atoms with Gasteiger partial charge in [0.1, 0.15) is 0 Å². The average Bonchev–Trinajstić information content (AvgIpc) is 2.41. The molecule has 96 valence electrons. The van der Waals surface area contributed by atoms with Gasteiger partial charge in [-0.3, -0.25) is 4.90 Å². The molecule has 0 spiro atoms. The fraction of sp³-hybridized carbons (Fsp3) is 1.00. The van der Waals surface area contributed by atoms with E-state index in [0.29, 0.717) is 22.4 Å². The number of nitrogens with zero attached hydrogens (tertiary/aromatic N) is 1. The van der Waals surface area contributed by atoms with Crippen LogP contribution in [0.3, 0.4) is 0 Å². The van der Waals surface area contributed by atoms with Crippen LogP contribution in [-0.2, 0) is 0 Å². The topological polar surface area (TPSA) is 3.01 Å². The van der Waals surface area contributed by atoms with E-state index in [9.17, 15) is 0 Å². The molecule has 0 atom stereocenters. The van der Waals surface area contributed by atoms with Gasteiger partial charge in [0.05, 0.1) is 0 Å². The maximum atomic E-state index is 2.69. The molecule has 0 saturated carbocycles. The van der Waals surface area contributed by atoms with Crippen LogP contribution in [0, 0.1) is 11.3 Å². The van der Waals surface area contributed by atoms with Gasteiger partial charge >= 0.3 is 0 Å². The first-order chi connectivity index (χ1) is 6.81. The highest BCUT2D eigenvalue weighted by Crippen LogP contribution is 2.60. The van der Waals surface area contributed by atoms with E-state index in [2.05, 4.69) is 74.1 Å². The highest BCUT2D eigenvalue weighted by atomic mass is 15.5. The molecule has 1 heteroatoms. The third-order valence-electron chi connectivity index (χ3n) is 6.14. The fourth-order valence-electron chi connectivity index (χ4n) is 3.31. The maximum Gasteiger partial charge on any atom is 0.0343 e. The third-order valence-corrected chi connectivity index (χ3v) is 6.14. The van der Waals surface area contributed by atoms with Crippen molar-refractivity contribution in [3.05, 3.63) is 0 Å². The standard InChI is InChI=1S/C15H31N/c1-11(2)12(3,4)13(5,6)16-14(7,8)15(16,9)10/h11H,1-10H3. The molecule has 16 heavy (non-hydrogen) atoms. The second-order valence-electron chi connectivity index (χ2n) is 7.89. The Morgan fingerprint density at radius 2 is 1.12 bits per heavy atom. The zero-order chi connectivity index (χ0) is 13.2. The summed E-state index contributed by atoms with van der Waals surface area (Å²) >= 11 is 0. The monoisotopic (exact) mass is 225 g/mol. The van der Waals surface area contributed by atoms with Gasteiger partial charge in [0.2, 0.25) is 0 Å². The van der Waals surface area contributed by atoms with Crippen LogP contribution in [0.25, 0.3) is 0 Å². The minimum absolute atomic E-state index is 0.230. The van der Waals surface area contributed by atoms with Crippen molar-refractivity contribution >= 4 is 0 Å². The minimum Gasteiger partial charge on any atom is -0.284 e. The SMILES string of the molecule is CC(C)C(C)(C)C(C)(C)N1C(C)(C)C1(C)C. The van der Waals surface area contributed by atoms with E-state index in [-0.39, 0.29) is 5.54 Å². The van der Waals surface area contributed by atoms with Crippen molar-refractivity contribution in [2.45, 2.75) is 85.9 Å². The lowest BCUT2D eigenvalue weighted by Crippen LogP contribution is -2.51. The molecule has 0 unspecified atom stereocenters. The Bertz CT molecular complexity index is 268. The lowest BCUT2D eigenvalue weighted by Gasteiger charge is -2.48. The summed E-state index contributed by atoms with van der Waals surface area (Å²) in [6.07, 6.45) is 0. The van der Waals surface area contributed by atoms with Crippen LogP contribution in [-0.4, -0.2) is 21.5 Å². The largest absolute Gasteiger partial charge is 0.284 e. The molecule has 1 heterocycles. The molecule has 1 aliphatic heterocycles. The van der Waals surface area contributed by atoms with Crippen LogP contribution in [0.5, 0.6) is 0 Å². The molecule has 0 amide bonds. The highest BCUT2D eigenvalue weighted by Gasteiger charge is 2.69. The molecule has 1 fully saturated rings. The summed E-state index contributed by atoms with van der Waals surface area (Å²) in [6.45, 7) is 23.8. The van der Waals surface area contributed by atoms with E-state index in [1.165, 1.54) is 0 Å². The molecule has 0 radical (unpaired) electrons. The summed E-state index contributed by atoms with van der Waals surface area (Å²) in [5, 5.41) is 0. The molecule has 0 N–H and O–H groups in total. The van der Waals surface area contributed by atoms with Crippen molar-refractivity contribution in [1.82, 2.24) is 4.90 Å². The Labute approximate surface area is 103 Å². The summed E-state index contributed by atoms with van der Waals surface area (Å²) < 4.78 is 0. The van der Waals surface area contributed by atoms with Crippen molar-refractivity contribution in [1.29, 1.82) is 0 Å². The van der Waals surface area contributed by atoms with Gasteiger partial charge in [0.25, 0.3) is 0 Å². The Morgan fingerprint density at radius 3 is 1.31 bits per heavy atom. The summed E-state index contributed by atoms with van der Waals surface area (Å²) in [7, 11) is 0. The van der Waals surface area contributed by atoms with Crippen LogP contribution in [0.2, 0.25) is 0 Å². The van der Waals surface area contributed by atoms with E-state index in [1.54, 1.807) is 0 Å². The van der Waals surface area contributed by atoms with Crippen LogP contribution in [0.15, 0.2) is 0 Å². The second-order valence-corrected chi connectivity index (χ2v) is 7.89. The predicted octanol–water partition coefficient (Wildman–Crippen LogP) is 4.32. The Kier molecular flexibility index (Phi) is 2.85. The van der Waals surface area contributed by atoms with E-state index in [4.69, 9.17) is 0 Å². The number of hydrogen-bond donors (Lipinski definition) is 0. The first-order valence-electron chi connectivity index (χ1n) is 6.61. The normalized spacial score (nSPS) is 24.9. The van der Waals surface area contributed by atoms with E-state index < -0.39 is 0 Å². The molecule has 0 aromatic carbocycles. The highest BCUT2D eigenvalue weighted by molar-refractivity contribution is 5.25. The summed E-state index contributed by atoms with van der Waals surface area (Å²) in [5.74, 6) is 0.690. The molecular formula is C15H31N. The maximum absolute atomic E-state index is 2.69. The summed E-state index contributed by atoms with van der Waals surface area (Å²) in [4.78, 5) is 2.69. The van der Waals surface area contributed by atoms with Gasteiger partial charge in [-0.1, -0.05) is 27.7 Å². The van der Waals surface area contributed by atoms with Gasteiger partial charge in [-0.15, -0.1) is 0 Å². The van der Waals surface area contributed by atoms with Crippen LogP contribution >= 0.6 is 0 Å². The zero-order valence-corrected chi connectivity index (χ0v) is 13.0. The Balaban J connectivity index is 3.07. The molecule has 1 rings (SSSR count). The van der Waals surface area contributed by atoms with Crippen LogP contribution < -0.4 is 0 Å². The quantitative estimate of drug-likeness (QED) is 0.646. The molecular weight excluding hydrogens is 194 g/mol. The lowest BCUT2D eigenvalue weighted by molar-refractivity contribution is 0.0230. The first-order valence-corrected chi connectivity index (χ1v) is 6.61. The van der Waals surface area contributed by atoms with Gasteiger partial charge in [0.15, 0.2) is 0 Å². The molecule has 0 aromatic heterocycles. The van der Waals surface area contributed by atoms with Crippen molar-refractivity contribution in [3.63, 3.8) is 0 Å². The third kappa shape index (κ3) is 1.47. The van der Waals surface area contributed by atoms with Gasteiger partial charge in [0, 0.05) is 16.6 Å². The molecule has 1 nitrogen and oxygen atoms in total.